The highest BCUT2D eigenvalue weighted by Crippen LogP contribution is 2.28. The van der Waals surface area contributed by atoms with E-state index in [0.717, 1.165) is 12.8 Å². The predicted molar refractivity (Wildman–Crippen MR) is 70.0 cm³/mol. The van der Waals surface area contributed by atoms with Crippen LogP contribution >= 0.6 is 0 Å². The fourth-order valence-electron chi connectivity index (χ4n) is 1.87. The van der Waals surface area contributed by atoms with E-state index in [1.165, 1.54) is 11.1 Å². The van der Waals surface area contributed by atoms with Crippen LogP contribution in [0.3, 0.4) is 0 Å². The molecule has 0 heterocycles. The van der Waals surface area contributed by atoms with Crippen LogP contribution in [0.4, 0.5) is 0 Å². The molecule has 90 valence electrons. The molecule has 0 saturated heterocycles. The van der Waals surface area contributed by atoms with E-state index in [1.54, 1.807) is 0 Å². The maximum Gasteiger partial charge on any atom is 0.0464 e. The van der Waals surface area contributed by atoms with Crippen LogP contribution in [0.5, 0.6) is 0 Å². The van der Waals surface area contributed by atoms with Gasteiger partial charge >= 0.3 is 0 Å². The van der Waals surface area contributed by atoms with Gasteiger partial charge in [0.15, 0.2) is 0 Å². The summed E-state index contributed by atoms with van der Waals surface area (Å²) in [5.74, 6) is 5.63. The first-order valence-corrected chi connectivity index (χ1v) is 6.01. The number of hydrogen-bond acceptors (Lipinski definition) is 2. The Morgan fingerprint density at radius 3 is 2.12 bits per heavy atom. The lowest BCUT2D eigenvalue weighted by atomic mass is 9.85. The van der Waals surface area contributed by atoms with Crippen LogP contribution in [0.25, 0.3) is 0 Å². The molecular formula is C14H24N2. The summed E-state index contributed by atoms with van der Waals surface area (Å²) in [6, 6.07) is 8.96. The highest BCUT2D eigenvalue weighted by atomic mass is 15.2. The molecule has 1 aromatic rings. The minimum absolute atomic E-state index is 0.242. The summed E-state index contributed by atoms with van der Waals surface area (Å²) in [5, 5.41) is 0. The summed E-state index contributed by atoms with van der Waals surface area (Å²) in [6.07, 6.45) is 2.12. The smallest absolute Gasteiger partial charge is 0.0464 e. The second kappa shape index (κ2) is 5.46. The lowest BCUT2D eigenvalue weighted by Gasteiger charge is -2.25. The molecule has 2 heteroatoms. The molecule has 16 heavy (non-hydrogen) atoms. The first-order chi connectivity index (χ1) is 7.46. The van der Waals surface area contributed by atoms with Gasteiger partial charge in [0.1, 0.15) is 0 Å². The van der Waals surface area contributed by atoms with E-state index in [-0.39, 0.29) is 11.5 Å². The van der Waals surface area contributed by atoms with Crippen molar-refractivity contribution >= 4 is 0 Å². The third kappa shape index (κ3) is 3.95. The summed E-state index contributed by atoms with van der Waals surface area (Å²) < 4.78 is 0. The van der Waals surface area contributed by atoms with Crippen molar-refractivity contribution in [3.8, 4) is 0 Å². The lowest BCUT2D eigenvalue weighted by molar-refractivity contribution is 0.313. The molecule has 0 amide bonds. The van der Waals surface area contributed by atoms with Crippen molar-refractivity contribution in [3.63, 3.8) is 0 Å². The van der Waals surface area contributed by atoms with Crippen molar-refractivity contribution in [2.75, 3.05) is 0 Å². The molecule has 0 spiro atoms. The Kier molecular flexibility index (Phi) is 4.51. The highest BCUT2D eigenvalue weighted by molar-refractivity contribution is 5.25. The third-order valence-electron chi connectivity index (χ3n) is 2.81. The normalized spacial score (nSPS) is 13.8. The van der Waals surface area contributed by atoms with Gasteiger partial charge in [0.25, 0.3) is 0 Å². The zero-order valence-electron chi connectivity index (χ0n) is 10.9. The molecule has 0 aromatic heterocycles. The van der Waals surface area contributed by atoms with Gasteiger partial charge in [-0.1, -0.05) is 52.0 Å². The van der Waals surface area contributed by atoms with Gasteiger partial charge in [-0.15, -0.1) is 0 Å². The zero-order chi connectivity index (χ0) is 12.2. The van der Waals surface area contributed by atoms with Crippen molar-refractivity contribution in [3.05, 3.63) is 35.4 Å². The van der Waals surface area contributed by atoms with Crippen LogP contribution in [-0.2, 0) is 6.42 Å². The Morgan fingerprint density at radius 1 is 1.19 bits per heavy atom. The predicted octanol–water partition coefficient (Wildman–Crippen LogP) is 3.19. The molecule has 0 saturated carbocycles. The van der Waals surface area contributed by atoms with E-state index in [4.69, 9.17) is 5.84 Å². The molecule has 2 nitrogen and oxygen atoms in total. The Hall–Kier alpha value is -0.860. The monoisotopic (exact) mass is 220 g/mol. The van der Waals surface area contributed by atoms with E-state index in [0.29, 0.717) is 0 Å². The fourth-order valence-corrected chi connectivity index (χ4v) is 1.87. The molecule has 1 unspecified atom stereocenters. The molecule has 0 radical (unpaired) electrons. The van der Waals surface area contributed by atoms with Crippen LogP contribution < -0.4 is 11.3 Å². The number of nitrogens with two attached hydrogens (primary N) is 1. The van der Waals surface area contributed by atoms with Crippen LogP contribution in [0.2, 0.25) is 0 Å². The quantitative estimate of drug-likeness (QED) is 0.604. The van der Waals surface area contributed by atoms with Gasteiger partial charge in [-0.05, 0) is 29.4 Å². The zero-order valence-corrected chi connectivity index (χ0v) is 10.9. The van der Waals surface area contributed by atoms with Gasteiger partial charge in [-0.2, -0.15) is 0 Å². The van der Waals surface area contributed by atoms with E-state index < -0.39 is 0 Å². The lowest BCUT2D eigenvalue weighted by Crippen LogP contribution is -2.31. The van der Waals surface area contributed by atoms with E-state index in [2.05, 4.69) is 57.4 Å². The summed E-state index contributed by atoms with van der Waals surface area (Å²) in [7, 11) is 0. The minimum atomic E-state index is 0.242. The van der Waals surface area contributed by atoms with Crippen molar-refractivity contribution < 1.29 is 0 Å². The summed E-state index contributed by atoms with van der Waals surface area (Å²) in [4.78, 5) is 0. The molecule has 0 aliphatic carbocycles. The second-order valence-electron chi connectivity index (χ2n) is 5.58. The molecule has 0 fully saturated rings. The molecular weight excluding hydrogens is 196 g/mol. The van der Waals surface area contributed by atoms with Crippen molar-refractivity contribution in [2.24, 2.45) is 11.3 Å². The first kappa shape index (κ1) is 13.2. The van der Waals surface area contributed by atoms with Crippen molar-refractivity contribution in [1.82, 2.24) is 5.43 Å². The summed E-state index contributed by atoms with van der Waals surface area (Å²) in [5.41, 5.74) is 5.83. The first-order valence-electron chi connectivity index (χ1n) is 6.01. The Morgan fingerprint density at radius 2 is 1.75 bits per heavy atom. The van der Waals surface area contributed by atoms with Gasteiger partial charge in [0.2, 0.25) is 0 Å². The fraction of sp³-hybridized carbons (Fsp3) is 0.571. The van der Waals surface area contributed by atoms with Crippen molar-refractivity contribution in [1.29, 1.82) is 0 Å². The standard InChI is InChI=1S/C14H24N2/c1-5-11-6-8-12(9-7-11)13(16-15)10-14(2,3)4/h6-9,13,16H,5,10,15H2,1-4H3. The Labute approximate surface area is 99.2 Å². The number of rotatable bonds is 4. The average molecular weight is 220 g/mol. The molecule has 0 aliphatic rings. The number of nitrogens with one attached hydrogen (secondary N) is 1. The van der Waals surface area contributed by atoms with Crippen molar-refractivity contribution in [2.45, 2.75) is 46.6 Å². The van der Waals surface area contributed by atoms with Crippen LogP contribution in [-0.4, -0.2) is 0 Å². The van der Waals surface area contributed by atoms with Gasteiger partial charge in [-0.3, -0.25) is 11.3 Å². The molecule has 1 atom stereocenters. The minimum Gasteiger partial charge on any atom is -0.271 e. The largest absolute Gasteiger partial charge is 0.271 e. The molecule has 1 aromatic carbocycles. The van der Waals surface area contributed by atoms with E-state index in [1.807, 2.05) is 0 Å². The highest BCUT2D eigenvalue weighted by Gasteiger charge is 2.18. The Balaban J connectivity index is 2.79. The molecule has 0 bridgehead atoms. The van der Waals surface area contributed by atoms with Gasteiger partial charge in [0, 0.05) is 6.04 Å². The average Bonchev–Trinajstić information content (AvgIpc) is 2.25. The molecule has 0 aliphatic heterocycles. The topological polar surface area (TPSA) is 38.0 Å². The number of hydrogen-bond donors (Lipinski definition) is 2. The molecule has 3 N–H and O–H groups in total. The van der Waals surface area contributed by atoms with Crippen LogP contribution in [0, 0.1) is 5.41 Å². The van der Waals surface area contributed by atoms with E-state index >= 15 is 0 Å². The Bertz CT molecular complexity index is 309. The molecule has 1 rings (SSSR count). The maximum absolute atomic E-state index is 5.63. The summed E-state index contributed by atoms with van der Waals surface area (Å²) >= 11 is 0. The second-order valence-corrected chi connectivity index (χ2v) is 5.58. The maximum atomic E-state index is 5.63. The van der Waals surface area contributed by atoms with Crippen LogP contribution in [0.1, 0.15) is 51.3 Å². The number of hydrazine groups is 1. The third-order valence-corrected chi connectivity index (χ3v) is 2.81. The number of benzene rings is 1. The van der Waals surface area contributed by atoms with Crippen LogP contribution in [0.15, 0.2) is 24.3 Å². The number of aryl methyl sites for hydroxylation is 1. The SMILES string of the molecule is CCc1ccc(C(CC(C)(C)C)NN)cc1. The van der Waals surface area contributed by atoms with Gasteiger partial charge in [0.05, 0.1) is 0 Å². The van der Waals surface area contributed by atoms with Gasteiger partial charge in [-0.25, -0.2) is 0 Å². The van der Waals surface area contributed by atoms with E-state index in [9.17, 15) is 0 Å². The summed E-state index contributed by atoms with van der Waals surface area (Å²) in [6.45, 7) is 8.87. The van der Waals surface area contributed by atoms with Gasteiger partial charge < -0.3 is 0 Å².